The van der Waals surface area contributed by atoms with Gasteiger partial charge in [-0.25, -0.2) is 5.48 Å². The third kappa shape index (κ3) is 3.70. The van der Waals surface area contributed by atoms with Crippen molar-refractivity contribution in [2.75, 3.05) is 13.2 Å². The summed E-state index contributed by atoms with van der Waals surface area (Å²) in [7, 11) is 0. The van der Waals surface area contributed by atoms with Crippen molar-refractivity contribution in [2.24, 2.45) is 10.8 Å². The smallest absolute Gasteiger partial charge is 0.314 e. The van der Waals surface area contributed by atoms with E-state index in [1.807, 2.05) is 0 Å². The van der Waals surface area contributed by atoms with Gasteiger partial charge < -0.3 is 4.74 Å². The van der Waals surface area contributed by atoms with Gasteiger partial charge >= 0.3 is 5.97 Å². The Labute approximate surface area is 102 Å². The molecule has 0 unspecified atom stereocenters. The Morgan fingerprint density at radius 3 is 2.29 bits per heavy atom. The normalized spacial score (nSPS) is 17.4. The lowest BCUT2D eigenvalue weighted by atomic mass is 9.96. The van der Waals surface area contributed by atoms with Gasteiger partial charge in [-0.05, 0) is 19.8 Å². The second-order valence-corrected chi connectivity index (χ2v) is 5.47. The van der Waals surface area contributed by atoms with Gasteiger partial charge in [0, 0.05) is 5.41 Å². The van der Waals surface area contributed by atoms with Crippen LogP contribution in [-0.2, 0) is 19.2 Å². The largest absolute Gasteiger partial charge is 0.465 e. The van der Waals surface area contributed by atoms with Gasteiger partial charge in [-0.1, -0.05) is 20.8 Å². The molecule has 1 aliphatic rings. The van der Waals surface area contributed by atoms with Crippen LogP contribution in [0.15, 0.2) is 0 Å². The molecule has 0 spiro atoms. The average molecular weight is 243 g/mol. The molecule has 1 aliphatic carbocycles. The van der Waals surface area contributed by atoms with Gasteiger partial charge in [0.2, 0.25) is 5.91 Å². The quantitative estimate of drug-likeness (QED) is 0.586. The van der Waals surface area contributed by atoms with Gasteiger partial charge in [0.1, 0.15) is 0 Å². The minimum absolute atomic E-state index is 0.188. The molecule has 0 aromatic carbocycles. The van der Waals surface area contributed by atoms with E-state index in [9.17, 15) is 9.59 Å². The molecular formula is C12H21NO4. The first-order valence-electron chi connectivity index (χ1n) is 5.91. The van der Waals surface area contributed by atoms with Crippen LogP contribution < -0.4 is 5.48 Å². The van der Waals surface area contributed by atoms with Gasteiger partial charge in [0.25, 0.3) is 0 Å². The van der Waals surface area contributed by atoms with Crippen molar-refractivity contribution in [1.29, 1.82) is 0 Å². The molecule has 1 fully saturated rings. The predicted molar refractivity (Wildman–Crippen MR) is 61.8 cm³/mol. The summed E-state index contributed by atoms with van der Waals surface area (Å²) in [6.45, 7) is 7.72. The number of carbonyl (C=O) groups excluding carboxylic acids is 2. The van der Waals surface area contributed by atoms with Crippen molar-refractivity contribution in [3.8, 4) is 0 Å². The lowest BCUT2D eigenvalue weighted by Crippen LogP contribution is -2.37. The number of amides is 1. The number of hydrogen-bond acceptors (Lipinski definition) is 4. The summed E-state index contributed by atoms with van der Waals surface area (Å²) in [6.07, 6.45) is 1.52. The Morgan fingerprint density at radius 1 is 1.29 bits per heavy atom. The molecule has 1 rings (SSSR count). The van der Waals surface area contributed by atoms with E-state index < -0.39 is 10.8 Å². The second kappa shape index (κ2) is 5.04. The molecule has 0 aliphatic heterocycles. The van der Waals surface area contributed by atoms with Crippen molar-refractivity contribution < 1.29 is 19.2 Å². The number of hydroxylamine groups is 1. The molecule has 0 aromatic heterocycles. The molecule has 1 amide bonds. The van der Waals surface area contributed by atoms with Crippen LogP contribution >= 0.6 is 0 Å². The van der Waals surface area contributed by atoms with Crippen LogP contribution in [0.3, 0.4) is 0 Å². The maximum absolute atomic E-state index is 11.6. The molecule has 17 heavy (non-hydrogen) atoms. The SMILES string of the molecule is CCOC(=O)C1(CONC(=O)C(C)(C)C)CC1. The first-order valence-corrected chi connectivity index (χ1v) is 5.91. The van der Waals surface area contributed by atoms with Gasteiger partial charge in [0.05, 0.1) is 18.6 Å². The molecule has 0 saturated heterocycles. The summed E-state index contributed by atoms with van der Waals surface area (Å²) in [5.74, 6) is -0.429. The van der Waals surface area contributed by atoms with Crippen LogP contribution in [0.25, 0.3) is 0 Å². The number of rotatable bonds is 5. The molecule has 0 atom stereocenters. The zero-order chi connectivity index (χ0) is 13.1. The fourth-order valence-electron chi connectivity index (χ4n) is 1.24. The van der Waals surface area contributed by atoms with Crippen LogP contribution in [0, 0.1) is 10.8 Å². The van der Waals surface area contributed by atoms with Crippen molar-refractivity contribution in [2.45, 2.75) is 40.5 Å². The summed E-state index contributed by atoms with van der Waals surface area (Å²) in [4.78, 5) is 28.2. The van der Waals surface area contributed by atoms with Crippen LogP contribution in [0.4, 0.5) is 0 Å². The van der Waals surface area contributed by atoms with E-state index in [1.165, 1.54) is 0 Å². The third-order valence-corrected chi connectivity index (χ3v) is 2.76. The Morgan fingerprint density at radius 2 is 1.88 bits per heavy atom. The summed E-state index contributed by atoms with van der Waals surface area (Å²) < 4.78 is 4.96. The maximum Gasteiger partial charge on any atom is 0.314 e. The van der Waals surface area contributed by atoms with Gasteiger partial charge in [-0.15, -0.1) is 0 Å². The monoisotopic (exact) mass is 243 g/mol. The highest BCUT2D eigenvalue weighted by Crippen LogP contribution is 2.46. The molecule has 0 aromatic rings. The molecule has 98 valence electrons. The summed E-state index contributed by atoms with van der Waals surface area (Å²) in [5.41, 5.74) is 1.34. The van der Waals surface area contributed by atoms with E-state index in [0.717, 1.165) is 12.8 Å². The number of hydrogen-bond donors (Lipinski definition) is 1. The Balaban J connectivity index is 2.32. The Hall–Kier alpha value is -1.10. The Kier molecular flexibility index (Phi) is 4.14. The van der Waals surface area contributed by atoms with Crippen LogP contribution in [-0.4, -0.2) is 25.1 Å². The summed E-state index contributed by atoms with van der Waals surface area (Å²) in [6, 6.07) is 0. The van der Waals surface area contributed by atoms with E-state index in [4.69, 9.17) is 9.57 Å². The van der Waals surface area contributed by atoms with Crippen molar-refractivity contribution >= 4 is 11.9 Å². The topological polar surface area (TPSA) is 64.6 Å². The lowest BCUT2D eigenvalue weighted by molar-refractivity contribution is -0.157. The van der Waals surface area contributed by atoms with Crippen molar-refractivity contribution in [1.82, 2.24) is 5.48 Å². The molecule has 1 N–H and O–H groups in total. The highest BCUT2D eigenvalue weighted by molar-refractivity contribution is 5.81. The minimum atomic E-state index is -0.527. The molecule has 0 bridgehead atoms. The highest BCUT2D eigenvalue weighted by atomic mass is 16.7. The third-order valence-electron chi connectivity index (χ3n) is 2.76. The minimum Gasteiger partial charge on any atom is -0.465 e. The fraction of sp³-hybridized carbons (Fsp3) is 0.833. The summed E-state index contributed by atoms with van der Waals surface area (Å²) in [5, 5.41) is 0. The standard InChI is InChI=1S/C12H21NO4/c1-5-16-10(15)12(6-7-12)8-17-13-9(14)11(2,3)4/h5-8H2,1-4H3,(H,13,14). The fourth-order valence-corrected chi connectivity index (χ4v) is 1.24. The summed E-state index contributed by atoms with van der Waals surface area (Å²) >= 11 is 0. The number of carbonyl (C=O) groups is 2. The van der Waals surface area contributed by atoms with Crippen molar-refractivity contribution in [3.63, 3.8) is 0 Å². The number of ether oxygens (including phenoxy) is 1. The zero-order valence-electron chi connectivity index (χ0n) is 11.0. The van der Waals surface area contributed by atoms with Crippen molar-refractivity contribution in [3.05, 3.63) is 0 Å². The van der Waals surface area contributed by atoms with E-state index in [2.05, 4.69) is 5.48 Å². The van der Waals surface area contributed by atoms with Crippen LogP contribution in [0.1, 0.15) is 40.5 Å². The first-order chi connectivity index (χ1) is 7.82. The molecule has 1 saturated carbocycles. The van der Waals surface area contributed by atoms with Crippen LogP contribution in [0.2, 0.25) is 0 Å². The van der Waals surface area contributed by atoms with E-state index in [1.54, 1.807) is 27.7 Å². The second-order valence-electron chi connectivity index (χ2n) is 5.47. The van der Waals surface area contributed by atoms with Crippen LogP contribution in [0.5, 0.6) is 0 Å². The highest BCUT2D eigenvalue weighted by Gasteiger charge is 2.52. The average Bonchev–Trinajstić information content (AvgIpc) is 2.98. The molecule has 5 nitrogen and oxygen atoms in total. The van der Waals surface area contributed by atoms with E-state index in [-0.39, 0.29) is 18.5 Å². The van der Waals surface area contributed by atoms with Gasteiger partial charge in [0.15, 0.2) is 0 Å². The lowest BCUT2D eigenvalue weighted by Gasteiger charge is -2.19. The first kappa shape index (κ1) is 14.0. The Bertz CT molecular complexity index is 302. The maximum atomic E-state index is 11.6. The molecule has 0 heterocycles. The molecule has 0 radical (unpaired) electrons. The number of nitrogens with one attached hydrogen (secondary N) is 1. The van der Waals surface area contributed by atoms with E-state index >= 15 is 0 Å². The predicted octanol–water partition coefficient (Wildman–Crippen LogP) is 1.42. The zero-order valence-corrected chi connectivity index (χ0v) is 11.0. The van der Waals surface area contributed by atoms with E-state index in [0.29, 0.717) is 6.61 Å². The van der Waals surface area contributed by atoms with Gasteiger partial charge in [-0.3, -0.25) is 14.4 Å². The van der Waals surface area contributed by atoms with Gasteiger partial charge in [-0.2, -0.15) is 0 Å². The number of esters is 1. The molecular weight excluding hydrogens is 222 g/mol. The molecule has 5 heteroatoms.